The third-order valence-corrected chi connectivity index (χ3v) is 6.71. The van der Waals surface area contributed by atoms with Crippen molar-refractivity contribution in [3.8, 4) is 0 Å². The van der Waals surface area contributed by atoms with Gasteiger partial charge < -0.3 is 9.84 Å². The maximum Gasteiger partial charge on any atom is 0.287 e. The Labute approximate surface area is 160 Å². The van der Waals surface area contributed by atoms with Crippen LogP contribution in [0.3, 0.4) is 0 Å². The number of carbonyl (C=O) groups is 1. The van der Waals surface area contributed by atoms with Gasteiger partial charge in [0.05, 0.1) is 10.2 Å². The first-order valence-corrected chi connectivity index (χ1v) is 10.9. The van der Waals surface area contributed by atoms with E-state index in [-0.39, 0.29) is 10.6 Å². The molecule has 1 fully saturated rings. The van der Waals surface area contributed by atoms with Crippen LogP contribution in [0, 0.1) is 5.92 Å². The van der Waals surface area contributed by atoms with Gasteiger partial charge in [-0.2, -0.15) is 0 Å². The minimum Gasteiger partial charge on any atom is -0.361 e. The Balaban J connectivity index is 1.46. The van der Waals surface area contributed by atoms with E-state index in [4.69, 9.17) is 4.52 Å². The predicted molar refractivity (Wildman–Crippen MR) is 100 cm³/mol. The van der Waals surface area contributed by atoms with Gasteiger partial charge in [0.2, 0.25) is 0 Å². The number of amides is 1. The second kappa shape index (κ2) is 7.37. The molecule has 0 aromatic carbocycles. The number of fused-ring (bicyclic) bond motifs is 1. The van der Waals surface area contributed by atoms with Crippen LogP contribution < -0.4 is 10.0 Å². The molecule has 0 spiro atoms. The molecule has 4 rings (SSSR count). The lowest BCUT2D eigenvalue weighted by Crippen LogP contribution is -2.30. The van der Waals surface area contributed by atoms with Crippen LogP contribution in [-0.2, 0) is 16.4 Å². The van der Waals surface area contributed by atoms with Gasteiger partial charge in [-0.3, -0.25) is 9.78 Å². The van der Waals surface area contributed by atoms with Crippen molar-refractivity contribution in [1.29, 1.82) is 0 Å². The summed E-state index contributed by atoms with van der Waals surface area (Å²) < 4.78 is 32.9. The molecule has 1 saturated heterocycles. The highest BCUT2D eigenvalue weighted by Crippen LogP contribution is 2.22. The first-order valence-electron chi connectivity index (χ1n) is 8.58. The Morgan fingerprint density at radius 1 is 1.33 bits per heavy atom. The number of thiophene rings is 1. The molecule has 0 atom stereocenters. The highest BCUT2D eigenvalue weighted by atomic mass is 32.2. The largest absolute Gasteiger partial charge is 0.361 e. The molecule has 0 radical (unpaired) electrons. The highest BCUT2D eigenvalue weighted by Gasteiger charge is 2.23. The zero-order valence-corrected chi connectivity index (χ0v) is 16.0. The van der Waals surface area contributed by atoms with E-state index in [9.17, 15) is 13.2 Å². The summed E-state index contributed by atoms with van der Waals surface area (Å²) in [5.74, 6) is 0.246. The minimum absolute atomic E-state index is 0.0485. The predicted octanol–water partition coefficient (Wildman–Crippen LogP) is 1.95. The number of hydrogen-bond acceptors (Lipinski definition) is 8. The van der Waals surface area contributed by atoms with E-state index in [2.05, 4.69) is 15.5 Å². The molecule has 27 heavy (non-hydrogen) atoms. The summed E-state index contributed by atoms with van der Waals surface area (Å²) in [5.41, 5.74) is 0.664. The Hall–Kier alpha value is -2.30. The second-order valence-electron chi connectivity index (χ2n) is 6.49. The summed E-state index contributed by atoms with van der Waals surface area (Å²) in [6.07, 6.45) is 3.99. The van der Waals surface area contributed by atoms with Gasteiger partial charge in [0.15, 0.2) is 5.69 Å². The van der Waals surface area contributed by atoms with Crippen molar-refractivity contribution in [2.75, 3.05) is 13.1 Å². The minimum atomic E-state index is -4.04. The lowest BCUT2D eigenvalue weighted by Gasteiger charge is -2.21. The van der Waals surface area contributed by atoms with Crippen molar-refractivity contribution in [3.63, 3.8) is 0 Å². The summed E-state index contributed by atoms with van der Waals surface area (Å²) in [4.78, 5) is 16.3. The number of sulfonamides is 1. The van der Waals surface area contributed by atoms with E-state index in [1.165, 1.54) is 29.7 Å². The van der Waals surface area contributed by atoms with E-state index in [1.54, 1.807) is 6.07 Å². The van der Waals surface area contributed by atoms with Crippen LogP contribution in [0.25, 0.3) is 10.2 Å². The summed E-state index contributed by atoms with van der Waals surface area (Å²) in [6, 6.07) is 4.80. The van der Waals surface area contributed by atoms with Crippen molar-refractivity contribution in [2.24, 2.45) is 5.92 Å². The van der Waals surface area contributed by atoms with Gasteiger partial charge in [-0.1, -0.05) is 5.16 Å². The smallest absolute Gasteiger partial charge is 0.287 e. The van der Waals surface area contributed by atoms with Crippen molar-refractivity contribution in [1.82, 2.24) is 20.2 Å². The molecule has 8 nitrogen and oxygen atoms in total. The fraction of sp³-hybridized carbons (Fsp3) is 0.353. The van der Waals surface area contributed by atoms with Gasteiger partial charge in [-0.05, 0) is 49.4 Å². The molecule has 4 heterocycles. The summed E-state index contributed by atoms with van der Waals surface area (Å²) in [6.45, 7) is 1.93. The van der Waals surface area contributed by atoms with E-state index >= 15 is 0 Å². The third-order valence-electron chi connectivity index (χ3n) is 4.56. The number of pyridine rings is 1. The maximum absolute atomic E-state index is 12.5. The van der Waals surface area contributed by atoms with E-state index in [0.29, 0.717) is 23.6 Å². The molecular weight excluding hydrogens is 388 g/mol. The van der Waals surface area contributed by atoms with Gasteiger partial charge in [0.1, 0.15) is 10.7 Å². The normalized spacial score (nSPS) is 15.9. The number of piperidine rings is 1. The van der Waals surface area contributed by atoms with E-state index in [1.807, 2.05) is 10.1 Å². The fourth-order valence-electron chi connectivity index (χ4n) is 3.10. The van der Waals surface area contributed by atoms with Gasteiger partial charge in [0, 0.05) is 18.7 Å². The lowest BCUT2D eigenvalue weighted by atomic mass is 9.93. The van der Waals surface area contributed by atoms with Crippen LogP contribution in [0.15, 0.2) is 39.2 Å². The maximum atomic E-state index is 12.5. The molecule has 1 aliphatic heterocycles. The number of nitrogens with zero attached hydrogens (tertiary/aromatic N) is 2. The zero-order valence-electron chi connectivity index (χ0n) is 14.3. The van der Waals surface area contributed by atoms with Crippen LogP contribution >= 0.6 is 11.3 Å². The third kappa shape index (κ3) is 4.02. The number of nitrogens with one attached hydrogen (secondary N) is 2. The molecule has 3 aromatic heterocycles. The first-order chi connectivity index (χ1) is 13.0. The van der Waals surface area contributed by atoms with Gasteiger partial charge in [-0.25, -0.2) is 13.1 Å². The fourth-order valence-corrected chi connectivity index (χ4v) is 4.88. The Kier molecular flexibility index (Phi) is 4.94. The van der Waals surface area contributed by atoms with Crippen molar-refractivity contribution in [3.05, 3.63) is 41.2 Å². The molecular formula is C17H18N4O4S2. The molecule has 3 aromatic rings. The number of carbonyl (C=O) groups excluding carboxylic acids is 1. The number of aromatic nitrogens is 2. The quantitative estimate of drug-likeness (QED) is 0.665. The lowest BCUT2D eigenvalue weighted by molar-refractivity contribution is 0.0972. The monoisotopic (exact) mass is 406 g/mol. The SMILES string of the molecule is O=C(NS(=O)(=O)c1cnc2ccsc2c1)c1cc(CC2CCNCC2)on1. The van der Waals surface area contributed by atoms with E-state index < -0.39 is 15.9 Å². The average molecular weight is 406 g/mol. The van der Waals surface area contributed by atoms with Crippen LogP contribution in [0.4, 0.5) is 0 Å². The Morgan fingerprint density at radius 2 is 2.15 bits per heavy atom. The van der Waals surface area contributed by atoms with Crippen molar-refractivity contribution < 1.29 is 17.7 Å². The summed E-state index contributed by atoms with van der Waals surface area (Å²) in [7, 11) is -4.04. The van der Waals surface area contributed by atoms with Gasteiger partial charge in [0.25, 0.3) is 15.9 Å². The van der Waals surface area contributed by atoms with Crippen molar-refractivity contribution >= 4 is 37.5 Å². The van der Waals surface area contributed by atoms with Crippen LogP contribution in [0.5, 0.6) is 0 Å². The van der Waals surface area contributed by atoms with Crippen molar-refractivity contribution in [2.45, 2.75) is 24.2 Å². The summed E-state index contributed by atoms with van der Waals surface area (Å²) in [5, 5.41) is 8.84. The topological polar surface area (TPSA) is 114 Å². The molecule has 142 valence electrons. The van der Waals surface area contributed by atoms with Gasteiger partial charge in [-0.15, -0.1) is 11.3 Å². The van der Waals surface area contributed by atoms with Crippen LogP contribution in [-0.4, -0.2) is 37.6 Å². The molecule has 0 bridgehead atoms. The Bertz CT molecular complexity index is 1070. The van der Waals surface area contributed by atoms with E-state index in [0.717, 1.165) is 30.6 Å². The standard InChI is InChI=1S/C17H18N4O4S2/c22-17(15-8-12(25-20-15)7-11-1-4-18-5-2-11)21-27(23,24)13-9-16-14(19-10-13)3-6-26-16/h3,6,8-11,18H,1-2,4-5,7H2,(H,21,22). The molecule has 0 saturated carbocycles. The van der Waals surface area contributed by atoms with Crippen LogP contribution in [0.1, 0.15) is 29.1 Å². The first kappa shape index (κ1) is 18.1. The molecule has 0 aliphatic carbocycles. The molecule has 0 unspecified atom stereocenters. The average Bonchev–Trinajstić information content (AvgIpc) is 3.30. The zero-order chi connectivity index (χ0) is 18.9. The summed E-state index contributed by atoms with van der Waals surface area (Å²) >= 11 is 1.38. The molecule has 1 amide bonds. The molecule has 1 aliphatic rings. The van der Waals surface area contributed by atoms with Gasteiger partial charge >= 0.3 is 0 Å². The number of rotatable bonds is 5. The van der Waals surface area contributed by atoms with Crippen LogP contribution in [0.2, 0.25) is 0 Å². The number of hydrogen-bond donors (Lipinski definition) is 2. The molecule has 2 N–H and O–H groups in total. The highest BCUT2D eigenvalue weighted by molar-refractivity contribution is 7.90. The second-order valence-corrected chi connectivity index (χ2v) is 9.12. The molecule has 10 heteroatoms. The Morgan fingerprint density at radius 3 is 2.96 bits per heavy atom.